The average molecular weight is 139 g/mol. The number of rotatable bonds is 0. The van der Waals surface area contributed by atoms with Gasteiger partial charge in [-0.3, -0.25) is 0 Å². The van der Waals surface area contributed by atoms with Crippen LogP contribution in [-0.4, -0.2) is 11.6 Å². The summed E-state index contributed by atoms with van der Waals surface area (Å²) in [5.74, 6) is 1.75. The van der Waals surface area contributed by atoms with Crippen LogP contribution < -0.4 is 0 Å². The molecule has 10 heavy (non-hydrogen) atoms. The Balaban J connectivity index is 2.41. The van der Waals surface area contributed by atoms with Crippen LogP contribution in [0.2, 0.25) is 0 Å². The monoisotopic (exact) mass is 139 g/mol. The van der Waals surface area contributed by atoms with E-state index in [0.29, 0.717) is 6.61 Å². The second-order valence-electron chi connectivity index (χ2n) is 2.41. The molecule has 3 nitrogen and oxygen atoms in total. The summed E-state index contributed by atoms with van der Waals surface area (Å²) >= 11 is 0. The lowest BCUT2D eigenvalue weighted by atomic mass is 10.2. The second kappa shape index (κ2) is 2.09. The third kappa shape index (κ3) is 0.827. The van der Waals surface area contributed by atoms with E-state index in [1.54, 1.807) is 0 Å². The van der Waals surface area contributed by atoms with Crippen LogP contribution in [0.5, 0.6) is 0 Å². The van der Waals surface area contributed by atoms with Gasteiger partial charge in [0, 0.05) is 13.3 Å². The van der Waals surface area contributed by atoms with E-state index in [1.165, 1.54) is 0 Å². The lowest BCUT2D eigenvalue weighted by Crippen LogP contribution is -2.07. The molecular formula is C7H9NO2. The standard InChI is InChI=1S/C7H9NO2/c1-5-8-6-4-9-3-2-7(6)10-5/h2-4H2,1H3. The second-order valence-corrected chi connectivity index (χ2v) is 2.41. The molecule has 0 radical (unpaired) electrons. The summed E-state index contributed by atoms with van der Waals surface area (Å²) in [7, 11) is 0. The van der Waals surface area contributed by atoms with Crippen molar-refractivity contribution in [3.05, 3.63) is 17.3 Å². The maximum absolute atomic E-state index is 5.31. The molecule has 0 N–H and O–H groups in total. The molecule has 0 atom stereocenters. The molecule has 2 heterocycles. The highest BCUT2D eigenvalue weighted by atomic mass is 16.5. The number of aryl methyl sites for hydroxylation is 1. The van der Waals surface area contributed by atoms with E-state index >= 15 is 0 Å². The number of hydrogen-bond acceptors (Lipinski definition) is 3. The van der Waals surface area contributed by atoms with Gasteiger partial charge in [0.2, 0.25) is 0 Å². The maximum Gasteiger partial charge on any atom is 0.191 e. The van der Waals surface area contributed by atoms with E-state index < -0.39 is 0 Å². The molecule has 0 aromatic carbocycles. The van der Waals surface area contributed by atoms with E-state index in [1.807, 2.05) is 6.92 Å². The summed E-state index contributed by atoms with van der Waals surface area (Å²) in [6.07, 6.45) is 0.871. The highest BCUT2D eigenvalue weighted by Crippen LogP contribution is 2.16. The van der Waals surface area contributed by atoms with Crippen molar-refractivity contribution < 1.29 is 9.15 Å². The molecule has 0 saturated carbocycles. The van der Waals surface area contributed by atoms with Gasteiger partial charge in [-0.05, 0) is 0 Å². The topological polar surface area (TPSA) is 35.3 Å². The minimum atomic E-state index is 0.618. The highest BCUT2D eigenvalue weighted by Gasteiger charge is 2.14. The molecule has 1 aromatic heterocycles. The highest BCUT2D eigenvalue weighted by molar-refractivity contribution is 5.10. The first-order valence-electron chi connectivity index (χ1n) is 3.39. The van der Waals surface area contributed by atoms with Gasteiger partial charge < -0.3 is 9.15 Å². The summed E-state index contributed by atoms with van der Waals surface area (Å²) in [5, 5.41) is 0. The van der Waals surface area contributed by atoms with Gasteiger partial charge in [0.25, 0.3) is 0 Å². The van der Waals surface area contributed by atoms with Crippen molar-refractivity contribution in [1.29, 1.82) is 0 Å². The summed E-state index contributed by atoms with van der Waals surface area (Å²) in [6, 6.07) is 0. The van der Waals surface area contributed by atoms with Gasteiger partial charge in [-0.1, -0.05) is 0 Å². The molecule has 0 bridgehead atoms. The smallest absolute Gasteiger partial charge is 0.191 e. The third-order valence-electron chi connectivity index (χ3n) is 1.60. The van der Waals surface area contributed by atoms with Crippen LogP contribution in [0.1, 0.15) is 17.3 Å². The van der Waals surface area contributed by atoms with E-state index in [4.69, 9.17) is 9.15 Å². The Morgan fingerprint density at radius 1 is 1.50 bits per heavy atom. The number of aromatic nitrogens is 1. The molecule has 1 aliphatic rings. The van der Waals surface area contributed by atoms with Crippen molar-refractivity contribution in [2.24, 2.45) is 0 Å². The van der Waals surface area contributed by atoms with Crippen LogP contribution in [0.3, 0.4) is 0 Å². The van der Waals surface area contributed by atoms with E-state index in [-0.39, 0.29) is 0 Å². The molecule has 3 heteroatoms. The fraction of sp³-hybridized carbons (Fsp3) is 0.571. The fourth-order valence-corrected chi connectivity index (χ4v) is 1.15. The molecule has 0 aliphatic carbocycles. The summed E-state index contributed by atoms with van der Waals surface area (Å²) in [4.78, 5) is 4.16. The molecular weight excluding hydrogens is 130 g/mol. The van der Waals surface area contributed by atoms with Gasteiger partial charge in [-0.25, -0.2) is 4.98 Å². The average Bonchev–Trinajstić information content (AvgIpc) is 2.27. The molecule has 0 amide bonds. The summed E-state index contributed by atoms with van der Waals surface area (Å²) in [6.45, 7) is 3.24. The van der Waals surface area contributed by atoms with Crippen LogP contribution in [0.25, 0.3) is 0 Å². The van der Waals surface area contributed by atoms with Gasteiger partial charge in [-0.15, -0.1) is 0 Å². The molecule has 0 spiro atoms. The molecule has 1 aromatic rings. The summed E-state index contributed by atoms with van der Waals surface area (Å²) in [5.41, 5.74) is 0.976. The Hall–Kier alpha value is -0.830. The number of oxazole rings is 1. The van der Waals surface area contributed by atoms with Crippen molar-refractivity contribution in [1.82, 2.24) is 4.98 Å². The predicted octanol–water partition coefficient (Wildman–Crippen LogP) is 1.06. The minimum Gasteiger partial charge on any atom is -0.446 e. The van der Waals surface area contributed by atoms with Crippen molar-refractivity contribution in [3.63, 3.8) is 0 Å². The van der Waals surface area contributed by atoms with Crippen molar-refractivity contribution in [3.8, 4) is 0 Å². The van der Waals surface area contributed by atoms with Crippen LogP contribution in [0.15, 0.2) is 4.42 Å². The molecule has 0 saturated heterocycles. The van der Waals surface area contributed by atoms with Gasteiger partial charge in [-0.2, -0.15) is 0 Å². The van der Waals surface area contributed by atoms with Crippen molar-refractivity contribution in [2.45, 2.75) is 20.0 Å². The molecule has 54 valence electrons. The summed E-state index contributed by atoms with van der Waals surface area (Å²) < 4.78 is 10.5. The van der Waals surface area contributed by atoms with Crippen molar-refractivity contribution >= 4 is 0 Å². The first-order chi connectivity index (χ1) is 4.86. The lowest BCUT2D eigenvalue weighted by Gasteiger charge is -2.07. The molecule has 0 fully saturated rings. The maximum atomic E-state index is 5.31. The SMILES string of the molecule is Cc1nc2c(o1)CCOC2. The Morgan fingerprint density at radius 2 is 2.40 bits per heavy atom. The number of ether oxygens (including phenoxy) is 1. The van der Waals surface area contributed by atoms with E-state index in [2.05, 4.69) is 4.98 Å². The van der Waals surface area contributed by atoms with Gasteiger partial charge in [0.15, 0.2) is 5.89 Å². The predicted molar refractivity (Wildman–Crippen MR) is 34.6 cm³/mol. The lowest BCUT2D eigenvalue weighted by molar-refractivity contribution is 0.102. The Labute approximate surface area is 59.0 Å². The molecule has 1 aliphatic heterocycles. The zero-order valence-electron chi connectivity index (χ0n) is 5.89. The minimum absolute atomic E-state index is 0.618. The molecule has 2 rings (SSSR count). The van der Waals surface area contributed by atoms with E-state index in [9.17, 15) is 0 Å². The van der Waals surface area contributed by atoms with E-state index in [0.717, 1.165) is 30.4 Å². The van der Waals surface area contributed by atoms with Crippen LogP contribution >= 0.6 is 0 Å². The van der Waals surface area contributed by atoms with Crippen LogP contribution in [0, 0.1) is 6.92 Å². The quantitative estimate of drug-likeness (QED) is 0.539. The van der Waals surface area contributed by atoms with Crippen LogP contribution in [-0.2, 0) is 17.8 Å². The van der Waals surface area contributed by atoms with Gasteiger partial charge in [0.1, 0.15) is 11.5 Å². The third-order valence-corrected chi connectivity index (χ3v) is 1.60. The van der Waals surface area contributed by atoms with Gasteiger partial charge >= 0.3 is 0 Å². The molecule has 0 unspecified atom stereocenters. The zero-order valence-corrected chi connectivity index (χ0v) is 5.89. The zero-order chi connectivity index (χ0) is 6.97. The first-order valence-corrected chi connectivity index (χ1v) is 3.39. The number of fused-ring (bicyclic) bond motifs is 1. The van der Waals surface area contributed by atoms with Crippen molar-refractivity contribution in [2.75, 3.05) is 6.61 Å². The Bertz CT molecular complexity index is 218. The van der Waals surface area contributed by atoms with Crippen LogP contribution in [0.4, 0.5) is 0 Å². The Kier molecular flexibility index (Phi) is 1.24. The largest absolute Gasteiger partial charge is 0.446 e. The number of hydrogen-bond donors (Lipinski definition) is 0. The van der Waals surface area contributed by atoms with Gasteiger partial charge in [0.05, 0.1) is 13.2 Å². The first kappa shape index (κ1) is 5.92. The fourth-order valence-electron chi connectivity index (χ4n) is 1.15. The normalized spacial score (nSPS) is 16.9. The Morgan fingerprint density at radius 3 is 3.20 bits per heavy atom. The number of nitrogens with zero attached hydrogens (tertiary/aromatic N) is 1.